The van der Waals surface area contributed by atoms with E-state index in [-0.39, 0.29) is 18.4 Å². The summed E-state index contributed by atoms with van der Waals surface area (Å²) in [6, 6.07) is 10.5. The number of hydrogen-bond acceptors (Lipinski definition) is 4. The zero-order valence-corrected chi connectivity index (χ0v) is 14.4. The molecule has 1 unspecified atom stereocenters. The number of amides is 1. The molecular formula is C19H25N3O2. The van der Waals surface area contributed by atoms with Gasteiger partial charge in [0.25, 0.3) is 0 Å². The van der Waals surface area contributed by atoms with Crippen LogP contribution >= 0.6 is 0 Å². The van der Waals surface area contributed by atoms with E-state index in [1.165, 1.54) is 24.0 Å². The third-order valence-corrected chi connectivity index (χ3v) is 4.64. The van der Waals surface area contributed by atoms with Crippen LogP contribution < -0.4 is 5.32 Å². The Hall–Kier alpha value is -2.14. The molecule has 2 aromatic rings. The number of rotatable bonds is 6. The molecule has 1 aromatic heterocycles. The summed E-state index contributed by atoms with van der Waals surface area (Å²) in [6.07, 6.45) is 2.72. The van der Waals surface area contributed by atoms with Crippen molar-refractivity contribution in [3.63, 3.8) is 0 Å². The van der Waals surface area contributed by atoms with Crippen LogP contribution in [0.1, 0.15) is 41.5 Å². The van der Waals surface area contributed by atoms with E-state index in [2.05, 4.69) is 46.6 Å². The van der Waals surface area contributed by atoms with Gasteiger partial charge in [0.15, 0.2) is 0 Å². The van der Waals surface area contributed by atoms with Gasteiger partial charge in [-0.05, 0) is 50.9 Å². The summed E-state index contributed by atoms with van der Waals surface area (Å²) in [4.78, 5) is 14.7. The molecule has 0 spiro atoms. The highest BCUT2D eigenvalue weighted by molar-refractivity contribution is 5.78. The Bertz CT molecular complexity index is 689. The molecule has 1 aliphatic heterocycles. The maximum absolute atomic E-state index is 12.2. The maximum Gasteiger partial charge on any atom is 0.226 e. The van der Waals surface area contributed by atoms with Crippen LogP contribution in [0.2, 0.25) is 0 Å². The molecule has 3 rings (SSSR count). The molecule has 1 saturated heterocycles. The van der Waals surface area contributed by atoms with Crippen LogP contribution in [0.25, 0.3) is 0 Å². The highest BCUT2D eigenvalue weighted by Gasteiger charge is 2.25. The first-order valence-corrected chi connectivity index (χ1v) is 8.62. The molecule has 1 aliphatic rings. The standard InChI is InChI=1S/C19H25N3O2/c1-14-7-3-4-8-17(14)18(22-9-5-6-10-22)13-20-19(23)12-16-11-15(2)24-21-16/h3-4,7-8,11,18H,5-6,9-10,12-13H2,1-2H3,(H,20,23). The van der Waals surface area contributed by atoms with E-state index in [1.54, 1.807) is 6.07 Å². The normalized spacial score (nSPS) is 16.2. The lowest BCUT2D eigenvalue weighted by Gasteiger charge is -2.29. The number of hydrogen-bond donors (Lipinski definition) is 1. The highest BCUT2D eigenvalue weighted by atomic mass is 16.5. The van der Waals surface area contributed by atoms with Gasteiger partial charge in [0.05, 0.1) is 18.2 Å². The summed E-state index contributed by atoms with van der Waals surface area (Å²) in [7, 11) is 0. The number of carbonyl (C=O) groups excluding carboxylic acids is 1. The molecule has 0 bridgehead atoms. The summed E-state index contributed by atoms with van der Waals surface area (Å²) >= 11 is 0. The largest absolute Gasteiger partial charge is 0.361 e. The molecule has 2 heterocycles. The second kappa shape index (κ2) is 7.62. The van der Waals surface area contributed by atoms with Crippen molar-refractivity contribution in [2.45, 2.75) is 39.2 Å². The van der Waals surface area contributed by atoms with Crippen molar-refractivity contribution in [2.75, 3.05) is 19.6 Å². The smallest absolute Gasteiger partial charge is 0.226 e. The minimum atomic E-state index is -0.0129. The van der Waals surface area contributed by atoms with Crippen LogP contribution in [0, 0.1) is 13.8 Å². The van der Waals surface area contributed by atoms with Gasteiger partial charge in [-0.1, -0.05) is 29.4 Å². The lowest BCUT2D eigenvalue weighted by molar-refractivity contribution is -0.120. The number of likely N-dealkylation sites (tertiary alicyclic amines) is 1. The van der Waals surface area contributed by atoms with E-state index < -0.39 is 0 Å². The average molecular weight is 327 g/mol. The van der Waals surface area contributed by atoms with Gasteiger partial charge in [0.2, 0.25) is 5.91 Å². The second-order valence-corrected chi connectivity index (χ2v) is 6.53. The molecule has 5 heteroatoms. The summed E-state index contributed by atoms with van der Waals surface area (Å²) in [5, 5.41) is 6.97. The molecule has 1 fully saturated rings. The van der Waals surface area contributed by atoms with Gasteiger partial charge in [0.1, 0.15) is 5.76 Å². The van der Waals surface area contributed by atoms with Crippen molar-refractivity contribution in [3.8, 4) is 0 Å². The molecule has 24 heavy (non-hydrogen) atoms. The summed E-state index contributed by atoms with van der Waals surface area (Å²) in [5.74, 6) is 0.716. The summed E-state index contributed by atoms with van der Waals surface area (Å²) in [6.45, 7) is 6.78. The van der Waals surface area contributed by atoms with Crippen LogP contribution in [-0.4, -0.2) is 35.6 Å². The van der Waals surface area contributed by atoms with E-state index >= 15 is 0 Å². The first-order chi connectivity index (χ1) is 11.6. The lowest BCUT2D eigenvalue weighted by atomic mass is 10.00. The number of carbonyl (C=O) groups is 1. The van der Waals surface area contributed by atoms with E-state index in [0.717, 1.165) is 18.8 Å². The summed E-state index contributed by atoms with van der Waals surface area (Å²) in [5.41, 5.74) is 3.26. The SMILES string of the molecule is Cc1cc(CC(=O)NCC(c2ccccc2C)N2CCCC2)no1. The van der Waals surface area contributed by atoms with Gasteiger partial charge in [-0.15, -0.1) is 0 Å². The van der Waals surface area contributed by atoms with Crippen LogP contribution in [-0.2, 0) is 11.2 Å². The quantitative estimate of drug-likeness (QED) is 0.886. The maximum atomic E-state index is 12.2. The minimum Gasteiger partial charge on any atom is -0.361 e. The summed E-state index contributed by atoms with van der Waals surface area (Å²) < 4.78 is 5.02. The van der Waals surface area contributed by atoms with Crippen molar-refractivity contribution >= 4 is 5.91 Å². The molecule has 0 aliphatic carbocycles. The van der Waals surface area contributed by atoms with Crippen LogP contribution in [0.5, 0.6) is 0 Å². The Labute approximate surface area is 143 Å². The van der Waals surface area contributed by atoms with Crippen molar-refractivity contribution in [2.24, 2.45) is 0 Å². The van der Waals surface area contributed by atoms with Crippen molar-refractivity contribution in [1.82, 2.24) is 15.4 Å². The third kappa shape index (κ3) is 4.03. The predicted molar refractivity (Wildman–Crippen MR) is 92.7 cm³/mol. The van der Waals surface area contributed by atoms with E-state index in [4.69, 9.17) is 4.52 Å². The molecule has 128 valence electrons. The van der Waals surface area contributed by atoms with E-state index in [0.29, 0.717) is 12.2 Å². The highest BCUT2D eigenvalue weighted by Crippen LogP contribution is 2.26. The van der Waals surface area contributed by atoms with Gasteiger partial charge < -0.3 is 9.84 Å². The Morgan fingerprint density at radius 3 is 2.71 bits per heavy atom. The molecule has 1 N–H and O–H groups in total. The fraction of sp³-hybridized carbons (Fsp3) is 0.474. The fourth-order valence-electron chi connectivity index (χ4n) is 3.39. The van der Waals surface area contributed by atoms with E-state index in [9.17, 15) is 4.79 Å². The molecule has 5 nitrogen and oxygen atoms in total. The number of nitrogens with zero attached hydrogens (tertiary/aromatic N) is 2. The van der Waals surface area contributed by atoms with Gasteiger partial charge in [0, 0.05) is 12.6 Å². The molecule has 1 aromatic carbocycles. The molecule has 0 saturated carbocycles. The second-order valence-electron chi connectivity index (χ2n) is 6.53. The van der Waals surface area contributed by atoms with Crippen molar-refractivity contribution < 1.29 is 9.32 Å². The number of benzene rings is 1. The molecule has 1 atom stereocenters. The third-order valence-electron chi connectivity index (χ3n) is 4.64. The zero-order valence-electron chi connectivity index (χ0n) is 14.4. The van der Waals surface area contributed by atoms with Crippen LogP contribution in [0.15, 0.2) is 34.9 Å². The fourth-order valence-corrected chi connectivity index (χ4v) is 3.39. The minimum absolute atomic E-state index is 0.0129. The predicted octanol–water partition coefficient (Wildman–Crippen LogP) is 2.79. The van der Waals surface area contributed by atoms with Crippen molar-refractivity contribution in [1.29, 1.82) is 0 Å². The van der Waals surface area contributed by atoms with Gasteiger partial charge in [-0.25, -0.2) is 0 Å². The Kier molecular flexibility index (Phi) is 5.30. The van der Waals surface area contributed by atoms with Gasteiger partial charge in [-0.2, -0.15) is 0 Å². The van der Waals surface area contributed by atoms with Crippen LogP contribution in [0.4, 0.5) is 0 Å². The molecule has 0 radical (unpaired) electrons. The number of aromatic nitrogens is 1. The Morgan fingerprint density at radius 1 is 1.29 bits per heavy atom. The lowest BCUT2D eigenvalue weighted by Crippen LogP contribution is -2.37. The average Bonchev–Trinajstić information content (AvgIpc) is 3.21. The first kappa shape index (κ1) is 16.7. The monoisotopic (exact) mass is 327 g/mol. The number of nitrogens with one attached hydrogen (secondary N) is 1. The zero-order chi connectivity index (χ0) is 16.9. The molecule has 1 amide bonds. The number of aryl methyl sites for hydroxylation is 2. The topological polar surface area (TPSA) is 58.4 Å². The van der Waals surface area contributed by atoms with Gasteiger partial charge in [-0.3, -0.25) is 9.69 Å². The first-order valence-electron chi connectivity index (χ1n) is 8.62. The van der Waals surface area contributed by atoms with Crippen molar-refractivity contribution in [3.05, 3.63) is 52.9 Å². The van der Waals surface area contributed by atoms with Crippen LogP contribution in [0.3, 0.4) is 0 Å². The van der Waals surface area contributed by atoms with Gasteiger partial charge >= 0.3 is 0 Å². The Morgan fingerprint density at radius 2 is 2.04 bits per heavy atom. The van der Waals surface area contributed by atoms with E-state index in [1.807, 2.05) is 6.92 Å². The molecular weight excluding hydrogens is 302 g/mol. The Balaban J connectivity index is 1.65.